The number of hydrogen-bond acceptors (Lipinski definition) is 4. The highest BCUT2D eigenvalue weighted by atomic mass is 32.2. The minimum atomic E-state index is -3.81. The van der Waals surface area contributed by atoms with Gasteiger partial charge in [-0.25, -0.2) is 8.78 Å². The predicted molar refractivity (Wildman–Crippen MR) is 37.6 cm³/mol. The van der Waals surface area contributed by atoms with E-state index >= 15 is 0 Å². The average Bonchev–Trinajstić information content (AvgIpc) is 1.83. The van der Waals surface area contributed by atoms with E-state index in [1.165, 1.54) is 0 Å². The Labute approximate surface area is 69.6 Å². The lowest BCUT2D eigenvalue weighted by Crippen LogP contribution is -2.30. The Morgan fingerprint density at radius 3 is 2.17 bits per heavy atom. The number of alkyl halides is 2. The van der Waals surface area contributed by atoms with E-state index < -0.39 is 29.3 Å². The quantitative estimate of drug-likeness (QED) is 0.602. The zero-order valence-electron chi connectivity index (χ0n) is 6.71. The Bertz CT molecular complexity index is 224. The maximum absolute atomic E-state index is 12.4. The van der Waals surface area contributed by atoms with E-state index in [2.05, 4.69) is 8.92 Å². The molecule has 0 radical (unpaired) electrons. The van der Waals surface area contributed by atoms with E-state index in [-0.39, 0.29) is 0 Å². The molecular weight excluding hydrogens is 194 g/mol. The standard InChI is InChI=1S/C5H10F2O4S/c1-10-3-5(6,7)4-11-12(2,8)9/h3-4H2,1-2H3. The van der Waals surface area contributed by atoms with Crippen LogP contribution in [-0.4, -0.2) is 40.9 Å². The molecule has 0 fully saturated rings. The summed E-state index contributed by atoms with van der Waals surface area (Å²) in [5, 5.41) is 0. The van der Waals surface area contributed by atoms with Gasteiger partial charge in [0, 0.05) is 7.11 Å². The van der Waals surface area contributed by atoms with Gasteiger partial charge in [-0.15, -0.1) is 0 Å². The minimum absolute atomic E-state index is 0.704. The lowest BCUT2D eigenvalue weighted by atomic mass is 10.4. The summed E-state index contributed by atoms with van der Waals surface area (Å²) in [7, 11) is -2.72. The molecule has 0 aliphatic heterocycles. The van der Waals surface area contributed by atoms with Crippen LogP contribution in [0.3, 0.4) is 0 Å². The molecule has 0 aromatic heterocycles. The zero-order chi connectivity index (χ0) is 9.83. The van der Waals surface area contributed by atoms with Crippen LogP contribution in [0.25, 0.3) is 0 Å². The Balaban J connectivity index is 3.92. The van der Waals surface area contributed by atoms with E-state index in [0.717, 1.165) is 7.11 Å². The van der Waals surface area contributed by atoms with Crippen LogP contribution in [0.2, 0.25) is 0 Å². The Morgan fingerprint density at radius 1 is 1.33 bits per heavy atom. The summed E-state index contributed by atoms with van der Waals surface area (Å²) >= 11 is 0. The number of ether oxygens (including phenoxy) is 1. The molecule has 0 spiro atoms. The van der Waals surface area contributed by atoms with Crippen molar-refractivity contribution in [2.45, 2.75) is 5.92 Å². The molecule has 0 bridgehead atoms. The lowest BCUT2D eigenvalue weighted by molar-refractivity contribution is -0.0897. The van der Waals surface area contributed by atoms with E-state index in [0.29, 0.717) is 6.26 Å². The molecule has 12 heavy (non-hydrogen) atoms. The van der Waals surface area contributed by atoms with E-state index in [1.54, 1.807) is 0 Å². The number of rotatable bonds is 5. The van der Waals surface area contributed by atoms with Crippen molar-refractivity contribution in [1.82, 2.24) is 0 Å². The van der Waals surface area contributed by atoms with Crippen molar-refractivity contribution in [1.29, 1.82) is 0 Å². The lowest BCUT2D eigenvalue weighted by Gasteiger charge is -2.13. The third-order valence-corrected chi connectivity index (χ3v) is 1.39. The van der Waals surface area contributed by atoms with E-state index in [4.69, 9.17) is 0 Å². The molecule has 0 aromatic carbocycles. The maximum atomic E-state index is 12.4. The normalized spacial score (nSPS) is 13.3. The first-order valence-corrected chi connectivity index (χ1v) is 4.80. The van der Waals surface area contributed by atoms with Crippen LogP contribution < -0.4 is 0 Å². The molecule has 0 aromatic rings. The van der Waals surface area contributed by atoms with Gasteiger partial charge in [-0.05, 0) is 0 Å². The summed E-state index contributed by atoms with van der Waals surface area (Å²) in [4.78, 5) is 0. The van der Waals surface area contributed by atoms with Gasteiger partial charge < -0.3 is 4.74 Å². The van der Waals surface area contributed by atoms with Crippen LogP contribution >= 0.6 is 0 Å². The molecule has 0 aliphatic rings. The van der Waals surface area contributed by atoms with Gasteiger partial charge in [0.15, 0.2) is 0 Å². The molecule has 4 nitrogen and oxygen atoms in total. The summed E-state index contributed by atoms with van der Waals surface area (Å²) in [6.45, 7) is -2.04. The molecule has 0 amide bonds. The van der Waals surface area contributed by atoms with Gasteiger partial charge >= 0.3 is 0 Å². The van der Waals surface area contributed by atoms with Crippen LogP contribution in [0.4, 0.5) is 8.78 Å². The second kappa shape index (κ2) is 4.11. The smallest absolute Gasteiger partial charge is 0.295 e. The average molecular weight is 204 g/mol. The summed E-state index contributed by atoms with van der Waals surface area (Å²) in [5.41, 5.74) is 0. The van der Waals surface area contributed by atoms with Crippen molar-refractivity contribution < 1.29 is 26.1 Å². The van der Waals surface area contributed by atoms with Crippen molar-refractivity contribution in [3.63, 3.8) is 0 Å². The van der Waals surface area contributed by atoms with Crippen LogP contribution in [0.5, 0.6) is 0 Å². The fraction of sp³-hybridized carbons (Fsp3) is 1.00. The fourth-order valence-corrected chi connectivity index (χ4v) is 0.833. The molecular formula is C5H10F2O4S. The first-order valence-electron chi connectivity index (χ1n) is 2.98. The molecule has 0 atom stereocenters. The van der Waals surface area contributed by atoms with Crippen LogP contribution in [0, 0.1) is 0 Å². The number of methoxy groups -OCH3 is 1. The molecule has 0 rings (SSSR count). The van der Waals surface area contributed by atoms with Crippen LogP contribution in [0.1, 0.15) is 0 Å². The van der Waals surface area contributed by atoms with Gasteiger partial charge in [0.1, 0.15) is 13.2 Å². The van der Waals surface area contributed by atoms with Crippen molar-refractivity contribution in [2.24, 2.45) is 0 Å². The van der Waals surface area contributed by atoms with Gasteiger partial charge in [0.2, 0.25) is 0 Å². The number of halogens is 2. The van der Waals surface area contributed by atoms with Gasteiger partial charge in [0.05, 0.1) is 6.26 Å². The first kappa shape index (κ1) is 11.7. The summed E-state index contributed by atoms with van der Waals surface area (Å²) in [6, 6.07) is 0. The monoisotopic (exact) mass is 204 g/mol. The predicted octanol–water partition coefficient (Wildman–Crippen LogP) is 0.244. The van der Waals surface area contributed by atoms with Crippen molar-refractivity contribution >= 4 is 10.1 Å². The molecule has 0 saturated heterocycles. The van der Waals surface area contributed by atoms with Crippen LogP contribution in [0.15, 0.2) is 0 Å². The van der Waals surface area contributed by atoms with Crippen molar-refractivity contribution in [2.75, 3.05) is 26.6 Å². The SMILES string of the molecule is COCC(F)(F)COS(C)(=O)=O. The van der Waals surface area contributed by atoms with Gasteiger partial charge in [-0.3, -0.25) is 4.18 Å². The molecule has 0 unspecified atom stereocenters. The Kier molecular flexibility index (Phi) is 4.01. The number of hydrogen-bond donors (Lipinski definition) is 0. The van der Waals surface area contributed by atoms with Crippen LogP contribution in [-0.2, 0) is 19.0 Å². The highest BCUT2D eigenvalue weighted by Gasteiger charge is 2.30. The molecule has 0 N–H and O–H groups in total. The maximum Gasteiger partial charge on any atom is 0.295 e. The second-order valence-electron chi connectivity index (χ2n) is 2.26. The van der Waals surface area contributed by atoms with Gasteiger partial charge in [-0.2, -0.15) is 8.42 Å². The van der Waals surface area contributed by atoms with Gasteiger partial charge in [0.25, 0.3) is 16.0 Å². The molecule has 7 heteroatoms. The fourth-order valence-electron chi connectivity index (χ4n) is 0.446. The zero-order valence-corrected chi connectivity index (χ0v) is 7.53. The van der Waals surface area contributed by atoms with Crippen molar-refractivity contribution in [3.8, 4) is 0 Å². The van der Waals surface area contributed by atoms with E-state index in [1.807, 2.05) is 0 Å². The highest BCUT2D eigenvalue weighted by Crippen LogP contribution is 2.14. The molecule has 74 valence electrons. The first-order chi connectivity index (χ1) is 5.27. The summed E-state index contributed by atoms with van der Waals surface area (Å²) < 4.78 is 53.5. The summed E-state index contributed by atoms with van der Waals surface area (Å²) in [5.74, 6) is -3.27. The minimum Gasteiger partial charge on any atom is -0.378 e. The Morgan fingerprint density at radius 2 is 1.83 bits per heavy atom. The third kappa shape index (κ3) is 6.44. The highest BCUT2D eigenvalue weighted by molar-refractivity contribution is 7.85. The molecule has 0 aliphatic carbocycles. The second-order valence-corrected chi connectivity index (χ2v) is 3.90. The largest absolute Gasteiger partial charge is 0.378 e. The Hall–Kier alpha value is -0.270. The van der Waals surface area contributed by atoms with Crippen molar-refractivity contribution in [3.05, 3.63) is 0 Å². The summed E-state index contributed by atoms with van der Waals surface area (Å²) in [6.07, 6.45) is 0.704. The molecule has 0 saturated carbocycles. The molecule has 0 heterocycles. The third-order valence-electron chi connectivity index (χ3n) is 0.840. The van der Waals surface area contributed by atoms with E-state index in [9.17, 15) is 17.2 Å². The van der Waals surface area contributed by atoms with Gasteiger partial charge in [-0.1, -0.05) is 0 Å². The topological polar surface area (TPSA) is 52.6 Å².